The maximum atomic E-state index is 11.7. The lowest BCUT2D eigenvalue weighted by Crippen LogP contribution is -2.29. The molecule has 0 unspecified atom stereocenters. The second-order valence-electron chi connectivity index (χ2n) is 3.62. The number of rotatable bonds is 3. The van der Waals surface area contributed by atoms with Crippen molar-refractivity contribution in [2.24, 2.45) is 0 Å². The summed E-state index contributed by atoms with van der Waals surface area (Å²) in [6.07, 6.45) is 1.18. The Morgan fingerprint density at radius 1 is 1.62 bits per heavy atom. The number of carbonyl (C=O) groups excluding carboxylic acids is 1. The minimum absolute atomic E-state index is 0.0969. The molecule has 88 valence electrons. The normalized spacial score (nSPS) is 10.6. The van der Waals surface area contributed by atoms with E-state index in [2.05, 4.69) is 4.98 Å². The standard InChI is InChI=1S/C10H13IN2O3/c1-6(2)16-8(14)4-13-5-12-7(3)9(11)10(13)15/h5-6H,4H2,1-3H3. The third-order valence-corrected chi connectivity index (χ3v) is 3.07. The number of hydrogen-bond donors (Lipinski definition) is 0. The van der Waals surface area contributed by atoms with Crippen LogP contribution in [0.25, 0.3) is 0 Å². The molecular weight excluding hydrogens is 323 g/mol. The lowest BCUT2D eigenvalue weighted by Gasteiger charge is -2.09. The summed E-state index contributed by atoms with van der Waals surface area (Å²) >= 11 is 1.92. The lowest BCUT2D eigenvalue weighted by atomic mass is 10.4. The van der Waals surface area contributed by atoms with E-state index in [-0.39, 0.29) is 18.2 Å². The number of halogens is 1. The molecule has 1 rings (SSSR count). The SMILES string of the molecule is Cc1ncn(CC(=O)OC(C)C)c(=O)c1I. The molecule has 0 aliphatic carbocycles. The highest BCUT2D eigenvalue weighted by atomic mass is 127. The van der Waals surface area contributed by atoms with Crippen LogP contribution in [0.15, 0.2) is 11.1 Å². The number of esters is 1. The molecule has 0 aromatic carbocycles. The van der Waals surface area contributed by atoms with Gasteiger partial charge in [-0.15, -0.1) is 0 Å². The summed E-state index contributed by atoms with van der Waals surface area (Å²) in [7, 11) is 0. The zero-order chi connectivity index (χ0) is 12.3. The van der Waals surface area contributed by atoms with Crippen LogP contribution in [0.3, 0.4) is 0 Å². The predicted octanol–water partition coefficient (Wildman–Crippen LogP) is 1.11. The van der Waals surface area contributed by atoms with Gasteiger partial charge in [0, 0.05) is 0 Å². The van der Waals surface area contributed by atoms with Crippen molar-refractivity contribution in [1.29, 1.82) is 0 Å². The molecule has 0 bridgehead atoms. The minimum atomic E-state index is -0.432. The molecular formula is C10H13IN2O3. The Morgan fingerprint density at radius 2 is 2.25 bits per heavy atom. The fraction of sp³-hybridized carbons (Fsp3) is 0.500. The van der Waals surface area contributed by atoms with Crippen LogP contribution in [0.2, 0.25) is 0 Å². The van der Waals surface area contributed by atoms with Crippen LogP contribution in [-0.4, -0.2) is 21.6 Å². The lowest BCUT2D eigenvalue weighted by molar-refractivity contribution is -0.148. The topological polar surface area (TPSA) is 61.2 Å². The van der Waals surface area contributed by atoms with Crippen LogP contribution in [-0.2, 0) is 16.1 Å². The van der Waals surface area contributed by atoms with Crippen LogP contribution < -0.4 is 5.56 Å². The Morgan fingerprint density at radius 3 is 2.81 bits per heavy atom. The van der Waals surface area contributed by atoms with E-state index in [1.165, 1.54) is 10.9 Å². The number of ether oxygens (including phenoxy) is 1. The van der Waals surface area contributed by atoms with Gasteiger partial charge < -0.3 is 4.74 Å². The van der Waals surface area contributed by atoms with Crippen molar-refractivity contribution in [2.45, 2.75) is 33.4 Å². The summed E-state index contributed by atoms with van der Waals surface area (Å²) in [6, 6.07) is 0. The summed E-state index contributed by atoms with van der Waals surface area (Å²) in [5, 5.41) is 0. The largest absolute Gasteiger partial charge is 0.462 e. The zero-order valence-electron chi connectivity index (χ0n) is 9.36. The fourth-order valence-corrected chi connectivity index (χ4v) is 1.55. The molecule has 5 nitrogen and oxygen atoms in total. The molecule has 1 aromatic rings. The van der Waals surface area contributed by atoms with Crippen molar-refractivity contribution < 1.29 is 9.53 Å². The van der Waals surface area contributed by atoms with Crippen molar-refractivity contribution in [3.8, 4) is 0 Å². The van der Waals surface area contributed by atoms with E-state index in [1.54, 1.807) is 20.8 Å². The smallest absolute Gasteiger partial charge is 0.326 e. The highest BCUT2D eigenvalue weighted by molar-refractivity contribution is 14.1. The summed E-state index contributed by atoms with van der Waals surface area (Å²) in [4.78, 5) is 27.1. The first-order valence-electron chi connectivity index (χ1n) is 4.83. The Balaban J connectivity index is 2.87. The van der Waals surface area contributed by atoms with Crippen LogP contribution in [0, 0.1) is 10.5 Å². The molecule has 0 spiro atoms. The van der Waals surface area contributed by atoms with Gasteiger partial charge in [-0.25, -0.2) is 4.98 Å². The third kappa shape index (κ3) is 3.29. The van der Waals surface area contributed by atoms with E-state index in [0.717, 1.165) is 0 Å². The van der Waals surface area contributed by atoms with Gasteiger partial charge in [0.2, 0.25) is 0 Å². The molecule has 0 amide bonds. The summed E-state index contributed by atoms with van der Waals surface area (Å²) < 4.78 is 6.73. The van der Waals surface area contributed by atoms with E-state index in [0.29, 0.717) is 9.26 Å². The molecule has 6 heteroatoms. The Bertz CT molecular complexity index is 454. The molecule has 0 atom stereocenters. The quantitative estimate of drug-likeness (QED) is 0.613. The van der Waals surface area contributed by atoms with Crippen LogP contribution in [0.1, 0.15) is 19.5 Å². The molecule has 0 N–H and O–H groups in total. The van der Waals surface area contributed by atoms with Crippen LogP contribution >= 0.6 is 22.6 Å². The first kappa shape index (κ1) is 13.1. The van der Waals surface area contributed by atoms with Crippen molar-refractivity contribution in [2.75, 3.05) is 0 Å². The van der Waals surface area contributed by atoms with Gasteiger partial charge in [0.1, 0.15) is 6.54 Å². The maximum Gasteiger partial charge on any atom is 0.326 e. The molecule has 1 aromatic heterocycles. The highest BCUT2D eigenvalue weighted by Gasteiger charge is 2.10. The van der Waals surface area contributed by atoms with Gasteiger partial charge in [-0.1, -0.05) is 0 Å². The first-order chi connectivity index (χ1) is 7.41. The number of hydrogen-bond acceptors (Lipinski definition) is 4. The number of aromatic nitrogens is 2. The maximum absolute atomic E-state index is 11.7. The van der Waals surface area contributed by atoms with E-state index >= 15 is 0 Å². The monoisotopic (exact) mass is 336 g/mol. The minimum Gasteiger partial charge on any atom is -0.462 e. The van der Waals surface area contributed by atoms with E-state index in [9.17, 15) is 9.59 Å². The zero-order valence-corrected chi connectivity index (χ0v) is 11.5. The van der Waals surface area contributed by atoms with Gasteiger partial charge in [-0.05, 0) is 43.4 Å². The van der Waals surface area contributed by atoms with Gasteiger partial charge in [0.15, 0.2) is 0 Å². The molecule has 0 aliphatic heterocycles. The second kappa shape index (κ2) is 5.42. The van der Waals surface area contributed by atoms with Crippen molar-refractivity contribution >= 4 is 28.6 Å². The first-order valence-corrected chi connectivity index (χ1v) is 5.90. The van der Waals surface area contributed by atoms with Gasteiger partial charge in [0.05, 0.1) is 21.7 Å². The average molecular weight is 336 g/mol. The highest BCUT2D eigenvalue weighted by Crippen LogP contribution is 2.01. The second-order valence-corrected chi connectivity index (χ2v) is 4.69. The third-order valence-electron chi connectivity index (χ3n) is 1.82. The van der Waals surface area contributed by atoms with Gasteiger partial charge in [0.25, 0.3) is 5.56 Å². The Hall–Kier alpha value is -0.920. The Kier molecular flexibility index (Phi) is 4.45. The van der Waals surface area contributed by atoms with E-state index < -0.39 is 5.97 Å². The fourth-order valence-electron chi connectivity index (χ4n) is 1.10. The number of nitrogens with zero attached hydrogens (tertiary/aromatic N) is 2. The Labute approximate surface area is 107 Å². The van der Waals surface area contributed by atoms with Crippen LogP contribution in [0.4, 0.5) is 0 Å². The van der Waals surface area contributed by atoms with E-state index in [4.69, 9.17) is 4.74 Å². The molecule has 0 saturated carbocycles. The van der Waals surface area contributed by atoms with Crippen molar-refractivity contribution in [3.05, 3.63) is 25.9 Å². The molecule has 16 heavy (non-hydrogen) atoms. The molecule has 0 fully saturated rings. The summed E-state index contributed by atoms with van der Waals surface area (Å²) in [6.45, 7) is 5.18. The molecule has 0 aliphatic rings. The summed E-state index contributed by atoms with van der Waals surface area (Å²) in [5.74, 6) is -0.432. The molecule has 1 heterocycles. The summed E-state index contributed by atoms with van der Waals surface area (Å²) in [5.41, 5.74) is 0.452. The number of aryl methyl sites for hydroxylation is 1. The average Bonchev–Trinajstić information content (AvgIpc) is 2.18. The van der Waals surface area contributed by atoms with Gasteiger partial charge >= 0.3 is 5.97 Å². The predicted molar refractivity (Wildman–Crippen MR) is 67.2 cm³/mol. The number of carbonyl (C=O) groups is 1. The van der Waals surface area contributed by atoms with Gasteiger partial charge in [-0.2, -0.15) is 0 Å². The van der Waals surface area contributed by atoms with E-state index in [1.807, 2.05) is 22.6 Å². The van der Waals surface area contributed by atoms with Crippen molar-refractivity contribution in [3.63, 3.8) is 0 Å². The molecule has 0 saturated heterocycles. The molecule has 0 radical (unpaired) electrons. The van der Waals surface area contributed by atoms with Gasteiger partial charge in [-0.3, -0.25) is 14.2 Å². The van der Waals surface area contributed by atoms with Crippen molar-refractivity contribution in [1.82, 2.24) is 9.55 Å². The van der Waals surface area contributed by atoms with Crippen LogP contribution in [0.5, 0.6) is 0 Å².